The molecule has 1 aliphatic rings. The Balaban J connectivity index is 1.69. The molecule has 2 heterocycles. The van der Waals surface area contributed by atoms with Crippen LogP contribution >= 0.6 is 15.9 Å². The summed E-state index contributed by atoms with van der Waals surface area (Å²) in [6, 6.07) is 14.9. The zero-order chi connectivity index (χ0) is 22.9. The van der Waals surface area contributed by atoms with Crippen molar-refractivity contribution in [2.24, 2.45) is 0 Å². The molecular weight excluding hydrogens is 476 g/mol. The molecule has 1 unspecified atom stereocenters. The Morgan fingerprint density at radius 3 is 2.75 bits per heavy atom. The van der Waals surface area contributed by atoms with Crippen LogP contribution in [0.4, 0.5) is 0 Å². The van der Waals surface area contributed by atoms with E-state index < -0.39 is 11.4 Å². The van der Waals surface area contributed by atoms with Crippen LogP contribution in [0.2, 0.25) is 0 Å². The van der Waals surface area contributed by atoms with Crippen molar-refractivity contribution in [2.45, 2.75) is 25.4 Å². The summed E-state index contributed by atoms with van der Waals surface area (Å²) in [5.74, 6) is -0.281. The van der Waals surface area contributed by atoms with Gasteiger partial charge in [-0.25, -0.2) is 0 Å². The number of amides is 2. The molecule has 0 fully saturated rings. The van der Waals surface area contributed by atoms with Crippen molar-refractivity contribution >= 4 is 38.7 Å². The van der Waals surface area contributed by atoms with E-state index in [1.165, 1.54) is 4.90 Å². The minimum absolute atomic E-state index is 0.0203. The highest BCUT2D eigenvalue weighted by Crippen LogP contribution is 2.39. The Hall–Kier alpha value is -2.84. The largest absolute Gasteiger partial charge is 0.486 e. The van der Waals surface area contributed by atoms with Crippen molar-refractivity contribution in [1.29, 1.82) is 0 Å². The minimum Gasteiger partial charge on any atom is -0.486 e. The molecule has 0 saturated heterocycles. The van der Waals surface area contributed by atoms with Crippen LogP contribution in [0, 0.1) is 0 Å². The fourth-order valence-electron chi connectivity index (χ4n) is 3.86. The van der Waals surface area contributed by atoms with Crippen molar-refractivity contribution in [3.8, 4) is 5.75 Å². The van der Waals surface area contributed by atoms with Gasteiger partial charge in [-0.15, -0.1) is 0 Å². The van der Waals surface area contributed by atoms with Gasteiger partial charge >= 0.3 is 0 Å². The van der Waals surface area contributed by atoms with Crippen LogP contribution < -0.4 is 10.1 Å². The van der Waals surface area contributed by atoms with E-state index in [2.05, 4.69) is 21.2 Å². The van der Waals surface area contributed by atoms with E-state index in [4.69, 9.17) is 13.9 Å². The number of nitrogens with zero attached hydrogens (tertiary/aromatic N) is 1. The standard InChI is InChI=1S/C24H25BrN2O5/c1-15(16-7-5-4-6-8-16)26-23(29)24(2)14-31-20-18-10-9-17(25)13-19(18)32-21(20)22(28)27(24)11-12-30-3/h4-10,13,15H,11-12,14H2,1-3H3,(H,26,29)/t15?,24-/m0/s1. The second-order valence-electron chi connectivity index (χ2n) is 8.02. The van der Waals surface area contributed by atoms with Gasteiger partial charge < -0.3 is 24.1 Å². The Morgan fingerprint density at radius 1 is 1.28 bits per heavy atom. The van der Waals surface area contributed by atoms with Crippen LogP contribution in [-0.4, -0.2) is 49.1 Å². The fraction of sp³-hybridized carbons (Fsp3) is 0.333. The molecule has 2 amide bonds. The molecule has 0 radical (unpaired) electrons. The van der Waals surface area contributed by atoms with E-state index in [1.54, 1.807) is 20.1 Å². The van der Waals surface area contributed by atoms with Gasteiger partial charge in [0.05, 0.1) is 18.0 Å². The van der Waals surface area contributed by atoms with Gasteiger partial charge in [-0.2, -0.15) is 0 Å². The average Bonchev–Trinajstić information content (AvgIpc) is 3.11. The maximum atomic E-state index is 13.6. The summed E-state index contributed by atoms with van der Waals surface area (Å²) in [7, 11) is 1.55. The Bertz CT molecular complexity index is 1150. The maximum absolute atomic E-state index is 13.6. The molecule has 2 atom stereocenters. The van der Waals surface area contributed by atoms with Gasteiger partial charge in [-0.3, -0.25) is 9.59 Å². The summed E-state index contributed by atoms with van der Waals surface area (Å²) < 4.78 is 18.0. The normalized spacial score (nSPS) is 19.2. The number of carbonyl (C=O) groups is 2. The zero-order valence-corrected chi connectivity index (χ0v) is 19.8. The number of nitrogens with one attached hydrogen (secondary N) is 1. The summed E-state index contributed by atoms with van der Waals surface area (Å²) >= 11 is 3.42. The van der Waals surface area contributed by atoms with Crippen molar-refractivity contribution in [3.05, 3.63) is 64.3 Å². The Labute approximate surface area is 194 Å². The van der Waals surface area contributed by atoms with Crippen LogP contribution in [0.25, 0.3) is 11.0 Å². The van der Waals surface area contributed by atoms with Crippen molar-refractivity contribution in [2.75, 3.05) is 26.9 Å². The second-order valence-corrected chi connectivity index (χ2v) is 8.93. The van der Waals surface area contributed by atoms with Crippen LogP contribution in [0.5, 0.6) is 5.75 Å². The minimum atomic E-state index is -1.26. The van der Waals surface area contributed by atoms with Gasteiger partial charge in [0.15, 0.2) is 11.3 Å². The number of benzene rings is 2. The Kier molecular flexibility index (Phi) is 6.26. The number of fused-ring (bicyclic) bond motifs is 3. The number of methoxy groups -OCH3 is 1. The third kappa shape index (κ3) is 4.00. The number of hydrogen-bond donors (Lipinski definition) is 1. The molecule has 0 aliphatic carbocycles. The molecule has 8 heteroatoms. The van der Waals surface area contributed by atoms with E-state index >= 15 is 0 Å². The van der Waals surface area contributed by atoms with Gasteiger partial charge in [0.2, 0.25) is 11.7 Å². The number of carbonyl (C=O) groups excluding carboxylic acids is 2. The number of furan rings is 1. The topological polar surface area (TPSA) is 81.0 Å². The first kappa shape index (κ1) is 22.4. The quantitative estimate of drug-likeness (QED) is 0.545. The number of hydrogen-bond acceptors (Lipinski definition) is 5. The molecule has 1 N–H and O–H groups in total. The summed E-state index contributed by atoms with van der Waals surface area (Å²) in [5, 5.41) is 3.72. The second kappa shape index (κ2) is 8.96. The van der Waals surface area contributed by atoms with Crippen LogP contribution in [0.1, 0.15) is 36.0 Å². The first-order chi connectivity index (χ1) is 15.3. The van der Waals surface area contributed by atoms with E-state index in [-0.39, 0.29) is 37.5 Å². The lowest BCUT2D eigenvalue weighted by molar-refractivity contribution is -0.133. The fourth-order valence-corrected chi connectivity index (χ4v) is 4.20. The van der Waals surface area contributed by atoms with Crippen molar-refractivity contribution in [3.63, 3.8) is 0 Å². The molecule has 0 bridgehead atoms. The summed E-state index contributed by atoms with van der Waals surface area (Å²) in [4.78, 5) is 28.6. The SMILES string of the molecule is COCCN1C(=O)c2oc3cc(Br)ccc3c2OC[C@@]1(C)C(=O)NC(C)c1ccccc1. The lowest BCUT2D eigenvalue weighted by Gasteiger charge is -2.38. The smallest absolute Gasteiger partial charge is 0.294 e. The highest BCUT2D eigenvalue weighted by molar-refractivity contribution is 9.10. The van der Waals surface area contributed by atoms with E-state index in [0.29, 0.717) is 16.7 Å². The zero-order valence-electron chi connectivity index (χ0n) is 18.2. The molecule has 1 aliphatic heterocycles. The molecule has 0 saturated carbocycles. The maximum Gasteiger partial charge on any atom is 0.294 e. The van der Waals surface area contributed by atoms with Gasteiger partial charge in [0.25, 0.3) is 5.91 Å². The van der Waals surface area contributed by atoms with E-state index in [9.17, 15) is 9.59 Å². The number of halogens is 1. The molecular formula is C24H25BrN2O5. The molecule has 32 heavy (non-hydrogen) atoms. The summed E-state index contributed by atoms with van der Waals surface area (Å²) in [6.07, 6.45) is 0. The van der Waals surface area contributed by atoms with E-state index in [1.807, 2.05) is 49.4 Å². The first-order valence-corrected chi connectivity index (χ1v) is 11.2. The molecule has 7 nitrogen and oxygen atoms in total. The monoisotopic (exact) mass is 500 g/mol. The molecule has 3 aromatic rings. The van der Waals surface area contributed by atoms with Gasteiger partial charge in [-0.05, 0) is 37.6 Å². The third-order valence-corrected chi connectivity index (χ3v) is 6.29. The number of ether oxygens (including phenoxy) is 2. The lowest BCUT2D eigenvalue weighted by atomic mass is 9.98. The van der Waals surface area contributed by atoms with Crippen LogP contribution in [0.3, 0.4) is 0 Å². The Morgan fingerprint density at radius 2 is 2.03 bits per heavy atom. The van der Waals surface area contributed by atoms with Crippen molar-refractivity contribution in [1.82, 2.24) is 10.2 Å². The molecule has 4 rings (SSSR count). The highest BCUT2D eigenvalue weighted by atomic mass is 79.9. The van der Waals surface area contributed by atoms with Crippen LogP contribution in [-0.2, 0) is 9.53 Å². The first-order valence-electron chi connectivity index (χ1n) is 10.4. The summed E-state index contributed by atoms with van der Waals surface area (Å²) in [6.45, 7) is 4.07. The highest BCUT2D eigenvalue weighted by Gasteiger charge is 2.48. The summed E-state index contributed by atoms with van der Waals surface area (Å²) in [5.41, 5.74) is 0.245. The van der Waals surface area contributed by atoms with Gasteiger partial charge in [0.1, 0.15) is 12.2 Å². The van der Waals surface area contributed by atoms with Gasteiger partial charge in [0, 0.05) is 18.1 Å². The average molecular weight is 501 g/mol. The third-order valence-electron chi connectivity index (χ3n) is 5.79. The molecule has 1 aromatic heterocycles. The lowest BCUT2D eigenvalue weighted by Crippen LogP contribution is -2.62. The van der Waals surface area contributed by atoms with E-state index in [0.717, 1.165) is 10.0 Å². The van der Waals surface area contributed by atoms with Crippen LogP contribution in [0.15, 0.2) is 57.4 Å². The molecule has 168 valence electrons. The molecule has 0 spiro atoms. The predicted octanol–water partition coefficient (Wildman–Crippen LogP) is 4.31. The van der Waals surface area contributed by atoms with Gasteiger partial charge in [-0.1, -0.05) is 46.3 Å². The predicted molar refractivity (Wildman–Crippen MR) is 124 cm³/mol. The van der Waals surface area contributed by atoms with Crippen molar-refractivity contribution < 1.29 is 23.5 Å². The number of rotatable bonds is 6. The molecule has 2 aromatic carbocycles.